The van der Waals surface area contributed by atoms with Crippen molar-refractivity contribution in [3.05, 3.63) is 29.3 Å². The maximum atomic E-state index is 12.9. The lowest BCUT2D eigenvalue weighted by Crippen LogP contribution is -2.21. The average Bonchev–Trinajstić information content (AvgIpc) is 2.36. The van der Waals surface area contributed by atoms with Gasteiger partial charge in [0.2, 0.25) is 0 Å². The molecule has 0 aromatic heterocycles. The summed E-state index contributed by atoms with van der Waals surface area (Å²) in [5.74, 6) is 0.553. The van der Waals surface area contributed by atoms with Gasteiger partial charge in [0.25, 0.3) is 0 Å². The molecule has 0 spiro atoms. The Hall–Kier alpha value is -1.30. The summed E-state index contributed by atoms with van der Waals surface area (Å²) in [4.78, 5) is -0.249. The molecule has 2 unspecified atom stereocenters. The van der Waals surface area contributed by atoms with Gasteiger partial charge in [-0.1, -0.05) is 32.5 Å². The molecule has 0 aliphatic heterocycles. The van der Waals surface area contributed by atoms with Crippen molar-refractivity contribution in [1.29, 1.82) is 0 Å². The van der Waals surface area contributed by atoms with Gasteiger partial charge in [-0.05, 0) is 37.5 Å². The standard InChI is InChI=1S/C15H21F3N2S/c1-4-9(2)7-10(3)20-11-5-6-13(15(16,17)18)12(8-11)14(19)21/h5-6,8-10,20H,4,7H2,1-3H3,(H2,19,21). The van der Waals surface area contributed by atoms with E-state index in [4.69, 9.17) is 18.0 Å². The third-order valence-corrected chi connectivity index (χ3v) is 3.68. The number of thiocarbonyl (C=S) groups is 1. The van der Waals surface area contributed by atoms with Gasteiger partial charge in [-0.2, -0.15) is 13.2 Å². The van der Waals surface area contributed by atoms with E-state index < -0.39 is 11.7 Å². The summed E-state index contributed by atoms with van der Waals surface area (Å²) in [6.07, 6.45) is -2.45. The molecule has 0 amide bonds. The lowest BCUT2D eigenvalue weighted by molar-refractivity contribution is -0.137. The van der Waals surface area contributed by atoms with Crippen LogP contribution in [0, 0.1) is 5.92 Å². The molecule has 0 saturated heterocycles. The van der Waals surface area contributed by atoms with Gasteiger partial charge in [0, 0.05) is 17.3 Å². The van der Waals surface area contributed by atoms with Crippen LogP contribution >= 0.6 is 12.2 Å². The topological polar surface area (TPSA) is 38.0 Å². The fourth-order valence-electron chi connectivity index (χ4n) is 2.20. The molecule has 2 nitrogen and oxygen atoms in total. The zero-order valence-electron chi connectivity index (χ0n) is 12.4. The fraction of sp³-hybridized carbons (Fsp3) is 0.533. The minimum Gasteiger partial charge on any atom is -0.389 e. The molecule has 1 aromatic rings. The van der Waals surface area contributed by atoms with Gasteiger partial charge in [0.1, 0.15) is 4.99 Å². The van der Waals surface area contributed by atoms with E-state index in [1.807, 2.05) is 6.92 Å². The molecule has 0 fully saturated rings. The number of rotatable bonds is 6. The Morgan fingerprint density at radius 3 is 2.43 bits per heavy atom. The number of alkyl halides is 3. The third-order valence-electron chi connectivity index (χ3n) is 3.46. The number of hydrogen-bond acceptors (Lipinski definition) is 2. The van der Waals surface area contributed by atoms with Crippen LogP contribution in [-0.2, 0) is 6.18 Å². The van der Waals surface area contributed by atoms with Gasteiger partial charge in [0.05, 0.1) is 5.56 Å². The number of nitrogens with one attached hydrogen (secondary N) is 1. The summed E-state index contributed by atoms with van der Waals surface area (Å²) in [5, 5.41) is 3.20. The summed E-state index contributed by atoms with van der Waals surface area (Å²) in [6, 6.07) is 3.97. The minimum absolute atomic E-state index is 0.141. The van der Waals surface area contributed by atoms with Crippen molar-refractivity contribution in [3.63, 3.8) is 0 Å². The molecule has 2 atom stereocenters. The van der Waals surface area contributed by atoms with Crippen LogP contribution in [0.5, 0.6) is 0 Å². The van der Waals surface area contributed by atoms with E-state index >= 15 is 0 Å². The van der Waals surface area contributed by atoms with Crippen LogP contribution in [0.4, 0.5) is 18.9 Å². The van der Waals surface area contributed by atoms with Gasteiger partial charge in [-0.3, -0.25) is 0 Å². The first-order chi connectivity index (χ1) is 9.65. The van der Waals surface area contributed by atoms with Crippen molar-refractivity contribution in [2.75, 3.05) is 5.32 Å². The highest BCUT2D eigenvalue weighted by molar-refractivity contribution is 7.80. The smallest absolute Gasteiger partial charge is 0.389 e. The van der Waals surface area contributed by atoms with Gasteiger partial charge >= 0.3 is 6.18 Å². The molecule has 21 heavy (non-hydrogen) atoms. The largest absolute Gasteiger partial charge is 0.417 e. The Labute approximate surface area is 128 Å². The molecule has 1 aromatic carbocycles. The summed E-state index contributed by atoms with van der Waals surface area (Å²) in [6.45, 7) is 6.26. The lowest BCUT2D eigenvalue weighted by Gasteiger charge is -2.20. The van der Waals surface area contributed by atoms with Gasteiger partial charge in [-0.25, -0.2) is 0 Å². The van der Waals surface area contributed by atoms with Crippen LogP contribution in [0.25, 0.3) is 0 Å². The van der Waals surface area contributed by atoms with Crippen LogP contribution in [0.2, 0.25) is 0 Å². The van der Waals surface area contributed by atoms with Crippen molar-refractivity contribution in [3.8, 4) is 0 Å². The Bertz CT molecular complexity index is 500. The molecular formula is C15H21F3N2S. The number of nitrogens with two attached hydrogens (primary N) is 1. The third kappa shape index (κ3) is 5.19. The normalized spacial score (nSPS) is 14.6. The van der Waals surface area contributed by atoms with Crippen molar-refractivity contribution < 1.29 is 13.2 Å². The van der Waals surface area contributed by atoms with Crippen molar-refractivity contribution >= 4 is 22.9 Å². The zero-order chi connectivity index (χ0) is 16.2. The predicted octanol–water partition coefficient (Wildman–Crippen LogP) is 4.58. The van der Waals surface area contributed by atoms with Crippen LogP contribution in [0.15, 0.2) is 18.2 Å². The number of halogens is 3. The maximum absolute atomic E-state index is 12.9. The number of benzene rings is 1. The molecule has 0 radical (unpaired) electrons. The maximum Gasteiger partial charge on any atom is 0.417 e. The highest BCUT2D eigenvalue weighted by Gasteiger charge is 2.34. The van der Waals surface area contributed by atoms with E-state index in [0.29, 0.717) is 11.6 Å². The van der Waals surface area contributed by atoms with Crippen LogP contribution < -0.4 is 11.1 Å². The van der Waals surface area contributed by atoms with E-state index in [2.05, 4.69) is 19.2 Å². The minimum atomic E-state index is -4.46. The predicted molar refractivity (Wildman–Crippen MR) is 84.5 cm³/mol. The van der Waals surface area contributed by atoms with Crippen molar-refractivity contribution in [2.24, 2.45) is 11.7 Å². The number of anilines is 1. The first-order valence-corrected chi connectivity index (χ1v) is 7.33. The summed E-state index contributed by atoms with van der Waals surface area (Å²) >= 11 is 4.73. The first-order valence-electron chi connectivity index (χ1n) is 6.92. The van der Waals surface area contributed by atoms with Crippen LogP contribution in [0.1, 0.15) is 44.7 Å². The van der Waals surface area contributed by atoms with Gasteiger partial charge < -0.3 is 11.1 Å². The monoisotopic (exact) mass is 318 g/mol. The molecule has 6 heteroatoms. The van der Waals surface area contributed by atoms with E-state index in [9.17, 15) is 13.2 Å². The molecule has 0 saturated carbocycles. The fourth-order valence-corrected chi connectivity index (χ4v) is 2.37. The molecule has 118 valence electrons. The van der Waals surface area contributed by atoms with E-state index in [1.165, 1.54) is 12.1 Å². The first kappa shape index (κ1) is 17.8. The van der Waals surface area contributed by atoms with Crippen molar-refractivity contribution in [2.45, 2.75) is 45.8 Å². The molecule has 3 N–H and O–H groups in total. The molecule has 0 aliphatic rings. The molecule has 0 aliphatic carbocycles. The van der Waals surface area contributed by atoms with Crippen LogP contribution in [0.3, 0.4) is 0 Å². The van der Waals surface area contributed by atoms with Crippen LogP contribution in [-0.4, -0.2) is 11.0 Å². The SMILES string of the molecule is CCC(C)CC(C)Nc1ccc(C(F)(F)F)c(C(N)=S)c1. The average molecular weight is 318 g/mol. The van der Waals surface area contributed by atoms with E-state index in [1.54, 1.807) is 0 Å². The quantitative estimate of drug-likeness (QED) is 0.754. The van der Waals surface area contributed by atoms with E-state index in [0.717, 1.165) is 18.9 Å². The second kappa shape index (κ2) is 7.11. The molecular weight excluding hydrogens is 297 g/mol. The van der Waals surface area contributed by atoms with Crippen molar-refractivity contribution in [1.82, 2.24) is 0 Å². The second-order valence-electron chi connectivity index (χ2n) is 5.42. The summed E-state index contributed by atoms with van der Waals surface area (Å²) in [5.41, 5.74) is 5.08. The Morgan fingerprint density at radius 2 is 1.95 bits per heavy atom. The number of hydrogen-bond donors (Lipinski definition) is 2. The molecule has 0 heterocycles. The van der Waals surface area contributed by atoms with E-state index in [-0.39, 0.29) is 16.6 Å². The van der Waals surface area contributed by atoms with Gasteiger partial charge in [0.15, 0.2) is 0 Å². The Kier molecular flexibility index (Phi) is 6.01. The van der Waals surface area contributed by atoms with Gasteiger partial charge in [-0.15, -0.1) is 0 Å². The highest BCUT2D eigenvalue weighted by Crippen LogP contribution is 2.33. The summed E-state index contributed by atoms with van der Waals surface area (Å²) in [7, 11) is 0. The Balaban J connectivity index is 2.96. The molecule has 0 bridgehead atoms. The second-order valence-corrected chi connectivity index (χ2v) is 5.86. The summed E-state index contributed by atoms with van der Waals surface area (Å²) < 4.78 is 38.7. The lowest BCUT2D eigenvalue weighted by atomic mass is 9.99. The Morgan fingerprint density at radius 1 is 1.33 bits per heavy atom. The molecule has 1 rings (SSSR count). The highest BCUT2D eigenvalue weighted by atomic mass is 32.1. The zero-order valence-corrected chi connectivity index (χ0v) is 13.2.